The monoisotopic (exact) mass is 272 g/mol. The normalized spacial score (nSPS) is 14.3. The number of hydrogen-bond acceptors (Lipinski definition) is 2. The first-order valence-electron chi connectivity index (χ1n) is 7.09. The lowest BCUT2D eigenvalue weighted by Crippen LogP contribution is -2.08. The van der Waals surface area contributed by atoms with Gasteiger partial charge >= 0.3 is 5.97 Å². The summed E-state index contributed by atoms with van der Waals surface area (Å²) in [6, 6.07) is 0. The summed E-state index contributed by atoms with van der Waals surface area (Å²) < 4.78 is 5.63. The molecular weight excluding hydrogens is 244 g/mol. The lowest BCUT2D eigenvalue weighted by molar-refractivity contribution is -0.132. The maximum absolute atomic E-state index is 10.7. The fourth-order valence-corrected chi connectivity index (χ4v) is 3.33. The van der Waals surface area contributed by atoms with Crippen LogP contribution in [0, 0.1) is 0 Å². The van der Waals surface area contributed by atoms with Gasteiger partial charge in [0.05, 0.1) is 0 Å². The fraction of sp³-hybridized carbons (Fsp3) is 0.786. The molecule has 4 heteroatoms. The van der Waals surface area contributed by atoms with E-state index in [1.165, 1.54) is 25.7 Å². The van der Waals surface area contributed by atoms with Gasteiger partial charge in [-0.2, -0.15) is 0 Å². The summed E-state index contributed by atoms with van der Waals surface area (Å²) in [5.41, 5.74) is 1.16. The Morgan fingerprint density at radius 2 is 2.06 bits per heavy atom. The number of carboxylic acid groups (broad SMARTS) is 1. The summed E-state index contributed by atoms with van der Waals surface area (Å²) in [6.07, 6.45) is 8.87. The molecule has 0 aromatic rings. The second kappa shape index (κ2) is 11.5. The highest BCUT2D eigenvalue weighted by Gasteiger charge is 2.09. The molecule has 0 amide bonds. The SMILES string of the molecule is CCCCCC(CCC=C(C)C(=O)O)[SiH2]OCC. The summed E-state index contributed by atoms with van der Waals surface area (Å²) >= 11 is 0. The quantitative estimate of drug-likeness (QED) is 0.357. The third-order valence-corrected chi connectivity index (χ3v) is 5.07. The van der Waals surface area contributed by atoms with Crippen molar-refractivity contribution in [3.05, 3.63) is 11.6 Å². The number of rotatable bonds is 11. The molecule has 0 saturated carbocycles. The van der Waals surface area contributed by atoms with E-state index in [-0.39, 0.29) is 0 Å². The number of aliphatic carboxylic acids is 1. The molecule has 0 heterocycles. The van der Waals surface area contributed by atoms with Gasteiger partial charge in [0.2, 0.25) is 0 Å². The highest BCUT2D eigenvalue weighted by Crippen LogP contribution is 2.21. The molecule has 0 aromatic carbocycles. The van der Waals surface area contributed by atoms with Crippen LogP contribution < -0.4 is 0 Å². The molecule has 1 N–H and O–H groups in total. The molecule has 0 fully saturated rings. The summed E-state index contributed by atoms with van der Waals surface area (Å²) in [7, 11) is -0.444. The van der Waals surface area contributed by atoms with Crippen LogP contribution in [0.25, 0.3) is 0 Å². The van der Waals surface area contributed by atoms with Gasteiger partial charge in [-0.15, -0.1) is 0 Å². The smallest absolute Gasteiger partial charge is 0.330 e. The van der Waals surface area contributed by atoms with Crippen LogP contribution in [-0.4, -0.2) is 27.4 Å². The Morgan fingerprint density at radius 1 is 1.33 bits per heavy atom. The largest absolute Gasteiger partial charge is 0.478 e. The van der Waals surface area contributed by atoms with Gasteiger partial charge in [0.1, 0.15) is 0 Å². The maximum atomic E-state index is 10.7. The molecular formula is C14H28O3Si. The molecule has 18 heavy (non-hydrogen) atoms. The zero-order valence-corrected chi connectivity index (χ0v) is 13.5. The molecule has 0 aliphatic heterocycles. The molecule has 0 radical (unpaired) electrons. The van der Waals surface area contributed by atoms with Crippen molar-refractivity contribution in [2.45, 2.75) is 64.8 Å². The van der Waals surface area contributed by atoms with Crippen LogP contribution >= 0.6 is 0 Å². The van der Waals surface area contributed by atoms with Gasteiger partial charge in [0.15, 0.2) is 9.76 Å². The molecule has 106 valence electrons. The standard InChI is InChI=1S/C14H28O3Si/c1-4-6-7-10-13(18-17-5-2)11-8-9-12(3)14(15)16/h9,13H,4-8,10-11,18H2,1-3H3,(H,15,16). The number of unbranched alkanes of at least 4 members (excludes halogenated alkanes) is 2. The highest BCUT2D eigenvalue weighted by atomic mass is 28.2. The highest BCUT2D eigenvalue weighted by molar-refractivity contribution is 6.29. The zero-order chi connectivity index (χ0) is 13.8. The van der Waals surface area contributed by atoms with E-state index in [1.54, 1.807) is 6.92 Å². The lowest BCUT2D eigenvalue weighted by atomic mass is 10.1. The molecule has 0 bridgehead atoms. The van der Waals surface area contributed by atoms with Crippen molar-refractivity contribution in [2.24, 2.45) is 0 Å². The van der Waals surface area contributed by atoms with Gasteiger partial charge in [-0.25, -0.2) is 4.79 Å². The second-order valence-corrected chi connectivity index (χ2v) is 6.69. The van der Waals surface area contributed by atoms with E-state index < -0.39 is 15.7 Å². The Kier molecular flexibility index (Phi) is 11.1. The first kappa shape index (κ1) is 17.4. The number of carboxylic acids is 1. The Hall–Kier alpha value is -0.613. The molecule has 3 nitrogen and oxygen atoms in total. The Labute approximate surface area is 114 Å². The molecule has 0 aliphatic rings. The van der Waals surface area contributed by atoms with Gasteiger partial charge in [-0.1, -0.05) is 38.7 Å². The van der Waals surface area contributed by atoms with E-state index in [9.17, 15) is 4.79 Å². The minimum absolute atomic E-state index is 0.444. The number of allylic oxidation sites excluding steroid dienone is 1. The van der Waals surface area contributed by atoms with Crippen molar-refractivity contribution in [1.82, 2.24) is 0 Å². The molecule has 0 saturated heterocycles. The molecule has 0 aromatic heterocycles. The first-order chi connectivity index (χ1) is 8.61. The van der Waals surface area contributed by atoms with Crippen molar-refractivity contribution in [3.63, 3.8) is 0 Å². The third-order valence-electron chi connectivity index (χ3n) is 3.14. The predicted molar refractivity (Wildman–Crippen MR) is 78.7 cm³/mol. The van der Waals surface area contributed by atoms with Crippen molar-refractivity contribution in [1.29, 1.82) is 0 Å². The number of carbonyl (C=O) groups is 1. The van der Waals surface area contributed by atoms with E-state index in [0.29, 0.717) is 11.1 Å². The van der Waals surface area contributed by atoms with E-state index in [4.69, 9.17) is 9.53 Å². The topological polar surface area (TPSA) is 46.5 Å². The van der Waals surface area contributed by atoms with Crippen molar-refractivity contribution in [3.8, 4) is 0 Å². The Bertz CT molecular complexity index is 251. The minimum Gasteiger partial charge on any atom is -0.478 e. The van der Waals surface area contributed by atoms with E-state index in [1.807, 2.05) is 13.0 Å². The summed E-state index contributed by atoms with van der Waals surface area (Å²) in [5.74, 6) is -0.806. The van der Waals surface area contributed by atoms with Crippen LogP contribution in [0.15, 0.2) is 11.6 Å². The average molecular weight is 272 g/mol. The van der Waals surface area contributed by atoms with Crippen LogP contribution in [0.3, 0.4) is 0 Å². The zero-order valence-electron chi connectivity index (χ0n) is 12.1. The summed E-state index contributed by atoms with van der Waals surface area (Å²) in [4.78, 5) is 10.7. The van der Waals surface area contributed by atoms with Crippen LogP contribution in [-0.2, 0) is 9.22 Å². The lowest BCUT2D eigenvalue weighted by Gasteiger charge is -2.15. The van der Waals surface area contributed by atoms with E-state index in [2.05, 4.69) is 6.92 Å². The summed E-state index contributed by atoms with van der Waals surface area (Å²) in [5, 5.41) is 8.78. The van der Waals surface area contributed by atoms with Crippen LogP contribution in [0.5, 0.6) is 0 Å². The van der Waals surface area contributed by atoms with Gasteiger partial charge < -0.3 is 9.53 Å². The predicted octanol–water partition coefficient (Wildman–Crippen LogP) is 3.29. The summed E-state index contributed by atoms with van der Waals surface area (Å²) in [6.45, 7) is 6.74. The van der Waals surface area contributed by atoms with Gasteiger partial charge in [-0.3, -0.25) is 0 Å². The van der Waals surface area contributed by atoms with Gasteiger partial charge in [0, 0.05) is 12.2 Å². The Morgan fingerprint density at radius 3 is 2.61 bits per heavy atom. The molecule has 0 aliphatic carbocycles. The van der Waals surface area contributed by atoms with Crippen LogP contribution in [0.4, 0.5) is 0 Å². The van der Waals surface area contributed by atoms with Crippen LogP contribution in [0.1, 0.15) is 59.3 Å². The first-order valence-corrected chi connectivity index (χ1v) is 8.48. The fourth-order valence-electron chi connectivity index (χ4n) is 1.90. The second-order valence-electron chi connectivity index (χ2n) is 4.79. The third kappa shape index (κ3) is 9.42. The molecule has 0 spiro atoms. The van der Waals surface area contributed by atoms with Gasteiger partial charge in [0.25, 0.3) is 0 Å². The van der Waals surface area contributed by atoms with E-state index in [0.717, 1.165) is 19.4 Å². The molecule has 1 unspecified atom stereocenters. The molecule has 1 atom stereocenters. The van der Waals surface area contributed by atoms with Crippen LogP contribution in [0.2, 0.25) is 5.54 Å². The van der Waals surface area contributed by atoms with Crippen molar-refractivity contribution >= 4 is 15.7 Å². The average Bonchev–Trinajstić information content (AvgIpc) is 2.35. The number of hydrogen-bond donors (Lipinski definition) is 1. The minimum atomic E-state index is -0.806. The molecule has 0 rings (SSSR count). The van der Waals surface area contributed by atoms with Crippen molar-refractivity contribution < 1.29 is 14.3 Å². The van der Waals surface area contributed by atoms with Gasteiger partial charge in [-0.05, 0) is 32.2 Å². The van der Waals surface area contributed by atoms with E-state index >= 15 is 0 Å². The Balaban J connectivity index is 3.98. The maximum Gasteiger partial charge on any atom is 0.330 e. The van der Waals surface area contributed by atoms with Crippen molar-refractivity contribution in [2.75, 3.05) is 6.61 Å².